The molecule has 0 radical (unpaired) electrons. The second-order valence-electron chi connectivity index (χ2n) is 5.51. The van der Waals surface area contributed by atoms with E-state index >= 15 is 0 Å². The van der Waals surface area contributed by atoms with Crippen LogP contribution in [0.4, 0.5) is 11.4 Å². The van der Waals surface area contributed by atoms with Gasteiger partial charge in [-0.1, -0.05) is 23.7 Å². The fourth-order valence-corrected chi connectivity index (χ4v) is 3.38. The number of ether oxygens (including phenoxy) is 2. The molecule has 0 aromatic heterocycles. The van der Waals surface area contributed by atoms with Gasteiger partial charge in [0.2, 0.25) is 10.0 Å². The van der Waals surface area contributed by atoms with Crippen LogP contribution in [0.5, 0.6) is 5.75 Å². The summed E-state index contributed by atoms with van der Waals surface area (Å²) in [6.07, 6.45) is 0. The molecule has 2 aromatic carbocycles. The zero-order valence-corrected chi connectivity index (χ0v) is 16.8. The molecular formula is C17H18ClN3O7S. The maximum absolute atomic E-state index is 12.3. The smallest absolute Gasteiger partial charge is 0.321 e. The Morgan fingerprint density at radius 2 is 1.93 bits per heavy atom. The fourth-order valence-electron chi connectivity index (χ4n) is 2.20. The van der Waals surface area contributed by atoms with Gasteiger partial charge in [-0.3, -0.25) is 14.9 Å². The number of nitrogens with zero attached hydrogens (tertiary/aromatic N) is 1. The third-order valence-electron chi connectivity index (χ3n) is 3.59. The van der Waals surface area contributed by atoms with E-state index in [0.29, 0.717) is 10.8 Å². The fraction of sp³-hybridized carbons (Fsp3) is 0.235. The highest BCUT2D eigenvalue weighted by molar-refractivity contribution is 7.89. The number of hydrogen-bond donors (Lipinski definition) is 2. The molecule has 0 saturated carbocycles. The van der Waals surface area contributed by atoms with Gasteiger partial charge >= 0.3 is 5.97 Å². The lowest BCUT2D eigenvalue weighted by Crippen LogP contribution is -2.31. The van der Waals surface area contributed by atoms with Gasteiger partial charge in [-0.15, -0.1) is 0 Å². The van der Waals surface area contributed by atoms with E-state index in [9.17, 15) is 23.3 Å². The summed E-state index contributed by atoms with van der Waals surface area (Å²) in [6, 6.07) is 10.1. The number of nitro groups is 1. The molecule has 0 aliphatic heterocycles. The second kappa shape index (κ2) is 10.0. The third kappa shape index (κ3) is 6.31. The van der Waals surface area contributed by atoms with Crippen molar-refractivity contribution in [2.24, 2.45) is 0 Å². The number of halogens is 1. The topological polar surface area (TPSA) is 137 Å². The highest BCUT2D eigenvalue weighted by Gasteiger charge is 2.21. The van der Waals surface area contributed by atoms with E-state index in [1.807, 2.05) is 4.72 Å². The summed E-state index contributed by atoms with van der Waals surface area (Å²) in [5.74, 6) is -0.407. The molecule has 0 amide bonds. The summed E-state index contributed by atoms with van der Waals surface area (Å²) in [4.78, 5) is 21.7. The first-order valence-corrected chi connectivity index (χ1v) is 10.1. The van der Waals surface area contributed by atoms with Gasteiger partial charge in [0.05, 0.1) is 14.8 Å². The Labute approximate surface area is 172 Å². The quantitative estimate of drug-likeness (QED) is 0.247. The normalized spacial score (nSPS) is 11.0. The SMILES string of the molecule is CNc1ccc(S(=O)(=O)NCC(=O)OCCOc2ccccc2Cl)cc1[N+](=O)[O-]. The van der Waals surface area contributed by atoms with Gasteiger partial charge in [0.15, 0.2) is 0 Å². The number of nitrogens with one attached hydrogen (secondary N) is 2. The zero-order chi connectivity index (χ0) is 21.4. The summed E-state index contributed by atoms with van der Waals surface area (Å²) in [5, 5.41) is 14.1. The van der Waals surface area contributed by atoms with Crippen LogP contribution in [0.1, 0.15) is 0 Å². The number of rotatable bonds is 10. The van der Waals surface area contributed by atoms with Crippen molar-refractivity contribution in [3.05, 3.63) is 57.6 Å². The number of nitro benzene ring substituents is 1. The van der Waals surface area contributed by atoms with E-state index in [-0.39, 0.29) is 23.8 Å². The predicted molar refractivity (Wildman–Crippen MR) is 106 cm³/mol. The molecule has 29 heavy (non-hydrogen) atoms. The highest BCUT2D eigenvalue weighted by atomic mass is 35.5. The second-order valence-corrected chi connectivity index (χ2v) is 7.68. The number of benzene rings is 2. The number of esters is 1. The van der Waals surface area contributed by atoms with Gasteiger partial charge in [0.25, 0.3) is 5.69 Å². The molecule has 0 heterocycles. The van der Waals surface area contributed by atoms with Crippen LogP contribution in [0.2, 0.25) is 5.02 Å². The largest absolute Gasteiger partial charge is 0.488 e. The Bertz CT molecular complexity index is 998. The lowest BCUT2D eigenvalue weighted by atomic mass is 10.3. The van der Waals surface area contributed by atoms with Crippen molar-refractivity contribution in [3.63, 3.8) is 0 Å². The molecule has 0 aliphatic carbocycles. The lowest BCUT2D eigenvalue weighted by Gasteiger charge is -2.10. The van der Waals surface area contributed by atoms with Crippen molar-refractivity contribution in [2.45, 2.75) is 4.90 Å². The van der Waals surface area contributed by atoms with Crippen molar-refractivity contribution < 1.29 is 27.6 Å². The first kappa shape index (κ1) is 22.4. The van der Waals surface area contributed by atoms with Crippen LogP contribution in [0.3, 0.4) is 0 Å². The van der Waals surface area contributed by atoms with E-state index in [4.69, 9.17) is 21.1 Å². The van der Waals surface area contributed by atoms with Crippen LogP contribution in [0.25, 0.3) is 0 Å². The Hall–Kier alpha value is -2.89. The summed E-state index contributed by atoms with van der Waals surface area (Å²) in [7, 11) is -2.67. The Balaban J connectivity index is 1.86. The van der Waals surface area contributed by atoms with Crippen LogP contribution in [0.15, 0.2) is 47.4 Å². The lowest BCUT2D eigenvalue weighted by molar-refractivity contribution is -0.384. The van der Waals surface area contributed by atoms with Crippen molar-refractivity contribution in [1.29, 1.82) is 0 Å². The van der Waals surface area contributed by atoms with E-state index in [0.717, 1.165) is 6.07 Å². The molecule has 10 nitrogen and oxygen atoms in total. The van der Waals surface area contributed by atoms with Gasteiger partial charge in [0, 0.05) is 13.1 Å². The van der Waals surface area contributed by atoms with E-state index in [1.54, 1.807) is 24.3 Å². The minimum Gasteiger partial charge on any atom is -0.488 e. The Morgan fingerprint density at radius 3 is 2.59 bits per heavy atom. The molecule has 0 atom stereocenters. The van der Waals surface area contributed by atoms with Gasteiger partial charge in [-0.05, 0) is 24.3 Å². The predicted octanol–water partition coefficient (Wildman–Crippen LogP) is 2.19. The number of anilines is 1. The Morgan fingerprint density at radius 1 is 1.21 bits per heavy atom. The average Bonchev–Trinajstić information content (AvgIpc) is 2.70. The molecule has 0 bridgehead atoms. The van der Waals surface area contributed by atoms with Crippen molar-refractivity contribution in [2.75, 3.05) is 32.1 Å². The standard InChI is InChI=1S/C17H18ClN3O7S/c1-19-14-7-6-12(10-15(14)21(23)24)29(25,26)20-11-17(22)28-9-8-27-16-5-3-2-4-13(16)18/h2-7,10,19-20H,8-9,11H2,1H3. The molecule has 0 fully saturated rings. The number of para-hydroxylation sites is 1. The van der Waals surface area contributed by atoms with E-state index in [2.05, 4.69) is 5.32 Å². The average molecular weight is 444 g/mol. The van der Waals surface area contributed by atoms with Crippen LogP contribution in [-0.4, -0.2) is 46.1 Å². The summed E-state index contributed by atoms with van der Waals surface area (Å²) < 4.78 is 36.8. The molecule has 2 aromatic rings. The van der Waals surface area contributed by atoms with Crippen molar-refractivity contribution >= 4 is 39.0 Å². The first-order valence-electron chi connectivity index (χ1n) is 8.23. The van der Waals surface area contributed by atoms with Gasteiger partial charge in [-0.25, -0.2) is 8.42 Å². The maximum atomic E-state index is 12.3. The number of hydrogen-bond acceptors (Lipinski definition) is 8. The molecule has 156 valence electrons. The van der Waals surface area contributed by atoms with Crippen LogP contribution < -0.4 is 14.8 Å². The minimum atomic E-state index is -4.15. The number of carbonyl (C=O) groups is 1. The zero-order valence-electron chi connectivity index (χ0n) is 15.3. The van der Waals surface area contributed by atoms with Crippen molar-refractivity contribution in [1.82, 2.24) is 4.72 Å². The summed E-state index contributed by atoms with van der Waals surface area (Å²) in [6.45, 7) is -0.732. The molecule has 2 rings (SSSR count). The van der Waals surface area contributed by atoms with E-state index in [1.165, 1.54) is 19.2 Å². The van der Waals surface area contributed by atoms with Crippen LogP contribution in [-0.2, 0) is 19.6 Å². The molecular weight excluding hydrogens is 426 g/mol. The molecule has 0 saturated heterocycles. The molecule has 0 aliphatic rings. The maximum Gasteiger partial charge on any atom is 0.321 e. The van der Waals surface area contributed by atoms with Gasteiger partial charge in [-0.2, -0.15) is 4.72 Å². The minimum absolute atomic E-state index is 0.0277. The number of carbonyl (C=O) groups excluding carboxylic acids is 1. The first-order chi connectivity index (χ1) is 13.7. The molecule has 12 heteroatoms. The van der Waals surface area contributed by atoms with Crippen LogP contribution >= 0.6 is 11.6 Å². The number of sulfonamides is 1. The molecule has 2 N–H and O–H groups in total. The Kier molecular flexibility index (Phi) is 7.76. The van der Waals surface area contributed by atoms with Gasteiger partial charge < -0.3 is 14.8 Å². The van der Waals surface area contributed by atoms with Gasteiger partial charge in [0.1, 0.15) is 31.2 Å². The molecule has 0 spiro atoms. The monoisotopic (exact) mass is 443 g/mol. The summed E-state index contributed by atoms with van der Waals surface area (Å²) in [5.41, 5.74) is -0.249. The highest BCUT2D eigenvalue weighted by Crippen LogP contribution is 2.27. The van der Waals surface area contributed by atoms with E-state index < -0.39 is 33.1 Å². The van der Waals surface area contributed by atoms with Crippen molar-refractivity contribution in [3.8, 4) is 5.75 Å². The summed E-state index contributed by atoms with van der Waals surface area (Å²) >= 11 is 5.92. The third-order valence-corrected chi connectivity index (χ3v) is 5.30. The van der Waals surface area contributed by atoms with Crippen LogP contribution in [0, 0.1) is 10.1 Å². The molecule has 0 unspecified atom stereocenters.